The lowest BCUT2D eigenvalue weighted by molar-refractivity contribution is 0.167. The molecule has 182 valence electrons. The molecule has 1 saturated heterocycles. The third-order valence-electron chi connectivity index (χ3n) is 6.48. The van der Waals surface area contributed by atoms with E-state index in [1.807, 2.05) is 38.1 Å². The van der Waals surface area contributed by atoms with E-state index in [9.17, 15) is 9.59 Å². The first kappa shape index (κ1) is 23.8. The number of hydrogen-bond acceptors (Lipinski definition) is 6. The smallest absolute Gasteiger partial charge is 0.331 e. The van der Waals surface area contributed by atoms with E-state index in [1.165, 1.54) is 32.7 Å². The molecule has 2 atom stereocenters. The quantitative estimate of drug-likeness (QED) is 0.427. The van der Waals surface area contributed by atoms with Crippen LogP contribution in [-0.4, -0.2) is 33.3 Å². The van der Waals surface area contributed by atoms with Crippen LogP contribution < -0.4 is 21.3 Å². The van der Waals surface area contributed by atoms with Gasteiger partial charge >= 0.3 is 5.69 Å². The molecular weight excluding hydrogens is 484 g/mol. The maximum Gasteiger partial charge on any atom is 0.331 e. The second-order valence-corrected chi connectivity index (χ2v) is 10.5. The van der Waals surface area contributed by atoms with Gasteiger partial charge in [0, 0.05) is 53.1 Å². The summed E-state index contributed by atoms with van der Waals surface area (Å²) in [5.41, 5.74) is 3.00. The van der Waals surface area contributed by atoms with Gasteiger partial charge in [-0.15, -0.1) is 11.3 Å². The molecule has 3 aromatic heterocycles. The summed E-state index contributed by atoms with van der Waals surface area (Å²) in [5.74, 6) is 0.826. The van der Waals surface area contributed by atoms with E-state index in [0.29, 0.717) is 5.02 Å². The number of ether oxygens (including phenoxy) is 1. The Kier molecular flexibility index (Phi) is 6.53. The molecule has 4 heterocycles. The van der Waals surface area contributed by atoms with Crippen LogP contribution in [0.4, 0.5) is 0 Å². The van der Waals surface area contributed by atoms with Gasteiger partial charge in [0.1, 0.15) is 11.9 Å². The minimum absolute atomic E-state index is 0.0970. The number of piperidine rings is 1. The van der Waals surface area contributed by atoms with Gasteiger partial charge in [0.2, 0.25) is 0 Å². The number of thiophene rings is 1. The van der Waals surface area contributed by atoms with Crippen molar-refractivity contribution in [3.8, 4) is 16.9 Å². The van der Waals surface area contributed by atoms with Gasteiger partial charge in [-0.2, -0.15) is 0 Å². The summed E-state index contributed by atoms with van der Waals surface area (Å²) in [4.78, 5) is 30.7. The largest absolute Gasteiger partial charge is 0.488 e. The Morgan fingerprint density at radius 1 is 1.23 bits per heavy atom. The normalized spacial score (nSPS) is 17.0. The van der Waals surface area contributed by atoms with Crippen LogP contribution >= 0.6 is 22.9 Å². The minimum Gasteiger partial charge on any atom is -0.488 e. The molecule has 1 fully saturated rings. The second-order valence-electron chi connectivity index (χ2n) is 9.00. The zero-order valence-electron chi connectivity index (χ0n) is 19.9. The van der Waals surface area contributed by atoms with Crippen LogP contribution in [0, 0.1) is 6.92 Å². The van der Waals surface area contributed by atoms with Crippen molar-refractivity contribution < 1.29 is 4.74 Å². The Morgan fingerprint density at radius 3 is 2.83 bits per heavy atom. The van der Waals surface area contributed by atoms with Crippen LogP contribution in [0.25, 0.3) is 21.3 Å². The first-order chi connectivity index (χ1) is 16.8. The zero-order valence-corrected chi connectivity index (χ0v) is 21.4. The Balaban J connectivity index is 1.62. The number of nitrogens with zero attached hydrogens (tertiary/aromatic N) is 3. The summed E-state index contributed by atoms with van der Waals surface area (Å²) in [5, 5.41) is 4.04. The van der Waals surface area contributed by atoms with E-state index >= 15 is 0 Å². The molecule has 0 aliphatic carbocycles. The van der Waals surface area contributed by atoms with E-state index in [-0.39, 0.29) is 17.4 Å². The molecule has 1 aromatic carbocycles. The lowest BCUT2D eigenvalue weighted by atomic mass is 10.0. The fourth-order valence-electron chi connectivity index (χ4n) is 4.62. The topological polar surface area (TPSA) is 78.2 Å². The van der Waals surface area contributed by atoms with Crippen molar-refractivity contribution in [2.45, 2.75) is 38.8 Å². The van der Waals surface area contributed by atoms with E-state index < -0.39 is 6.04 Å². The molecule has 1 N–H and O–H groups in total. The average molecular weight is 511 g/mol. The van der Waals surface area contributed by atoms with Crippen molar-refractivity contribution in [2.75, 3.05) is 13.1 Å². The molecule has 7 nitrogen and oxygen atoms in total. The Hall–Kier alpha value is -2.94. The van der Waals surface area contributed by atoms with Gasteiger partial charge in [0.15, 0.2) is 0 Å². The summed E-state index contributed by atoms with van der Waals surface area (Å²) in [6.45, 7) is 5.70. The molecule has 0 bridgehead atoms. The molecular formula is C26H27ClN4O3S. The number of fused-ring (bicyclic) bond motifs is 1. The van der Waals surface area contributed by atoms with Gasteiger partial charge in [0.25, 0.3) is 5.56 Å². The van der Waals surface area contributed by atoms with Crippen molar-refractivity contribution in [3.05, 3.63) is 79.0 Å². The Bertz CT molecular complexity index is 1520. The number of aromatic nitrogens is 3. The van der Waals surface area contributed by atoms with Crippen LogP contribution in [0.5, 0.6) is 5.75 Å². The fraction of sp³-hybridized carbons (Fsp3) is 0.346. The van der Waals surface area contributed by atoms with Gasteiger partial charge in [-0.3, -0.25) is 14.3 Å². The van der Waals surface area contributed by atoms with Crippen LogP contribution in [0.2, 0.25) is 5.02 Å². The highest BCUT2D eigenvalue weighted by molar-refractivity contribution is 7.19. The number of pyridine rings is 1. The van der Waals surface area contributed by atoms with Crippen molar-refractivity contribution in [1.82, 2.24) is 19.4 Å². The van der Waals surface area contributed by atoms with Crippen molar-refractivity contribution in [3.63, 3.8) is 0 Å². The number of hydrogen-bond donors (Lipinski definition) is 1. The maximum absolute atomic E-state index is 12.7. The third-order valence-corrected chi connectivity index (χ3v) is 8.03. The van der Waals surface area contributed by atoms with E-state index in [4.69, 9.17) is 16.3 Å². The molecule has 0 radical (unpaired) electrons. The van der Waals surface area contributed by atoms with Gasteiger partial charge < -0.3 is 14.6 Å². The van der Waals surface area contributed by atoms with E-state index in [0.717, 1.165) is 63.5 Å². The summed E-state index contributed by atoms with van der Waals surface area (Å²) in [6.07, 6.45) is 5.44. The monoisotopic (exact) mass is 510 g/mol. The second kappa shape index (κ2) is 9.60. The summed E-state index contributed by atoms with van der Waals surface area (Å²) < 4.78 is 10.2. The number of nitrogens with one attached hydrogen (secondary N) is 1. The number of benzene rings is 1. The lowest BCUT2D eigenvalue weighted by Crippen LogP contribution is -2.39. The molecule has 9 heteroatoms. The molecule has 0 amide bonds. The van der Waals surface area contributed by atoms with E-state index in [1.54, 1.807) is 13.2 Å². The van der Waals surface area contributed by atoms with Crippen molar-refractivity contribution in [2.24, 2.45) is 7.05 Å². The fourth-order valence-corrected chi connectivity index (χ4v) is 6.07. The number of rotatable bonds is 5. The van der Waals surface area contributed by atoms with Crippen molar-refractivity contribution >= 4 is 33.2 Å². The molecule has 1 aliphatic rings. The molecule has 4 aromatic rings. The predicted octanol–water partition coefficient (Wildman–Crippen LogP) is 4.53. The van der Waals surface area contributed by atoms with Crippen molar-refractivity contribution in [1.29, 1.82) is 0 Å². The first-order valence-corrected chi connectivity index (χ1v) is 12.9. The van der Waals surface area contributed by atoms with Crippen LogP contribution in [0.1, 0.15) is 36.2 Å². The van der Waals surface area contributed by atoms with Gasteiger partial charge in [-0.25, -0.2) is 4.79 Å². The highest BCUT2D eigenvalue weighted by Crippen LogP contribution is 2.42. The summed E-state index contributed by atoms with van der Waals surface area (Å²) in [6, 6.07) is 8.77. The predicted molar refractivity (Wildman–Crippen MR) is 141 cm³/mol. The van der Waals surface area contributed by atoms with Gasteiger partial charge in [-0.1, -0.05) is 11.6 Å². The number of aryl methyl sites for hydroxylation is 2. The molecule has 1 unspecified atom stereocenters. The molecule has 0 saturated carbocycles. The highest BCUT2D eigenvalue weighted by atomic mass is 35.5. The molecule has 1 aliphatic heterocycles. The lowest BCUT2D eigenvalue weighted by Gasteiger charge is -2.26. The zero-order chi connectivity index (χ0) is 24.7. The highest BCUT2D eigenvalue weighted by Gasteiger charge is 2.22. The van der Waals surface area contributed by atoms with Gasteiger partial charge in [-0.05, 0) is 63.1 Å². The standard InChI is InChI=1S/C26H27ClN4O3S/c1-15-11-17(27)12-20(24(15)34-18-5-4-8-28-14-18)19-6-9-29-21-13-22(35-25(19)21)16(2)31-23(32)7-10-30(3)26(31)33/h6-7,9-13,16,18,28H,4-5,8,14H2,1-3H3/t16?,18-/m0/s1. The molecule has 0 spiro atoms. The van der Waals surface area contributed by atoms with Crippen LogP contribution in [0.15, 0.2) is 52.3 Å². The maximum atomic E-state index is 12.7. The number of halogens is 1. The summed E-state index contributed by atoms with van der Waals surface area (Å²) in [7, 11) is 1.64. The minimum atomic E-state index is -0.431. The van der Waals surface area contributed by atoms with Crippen LogP contribution in [-0.2, 0) is 7.05 Å². The Morgan fingerprint density at radius 2 is 2.06 bits per heavy atom. The first-order valence-electron chi connectivity index (χ1n) is 11.7. The average Bonchev–Trinajstić information content (AvgIpc) is 3.28. The summed E-state index contributed by atoms with van der Waals surface area (Å²) >= 11 is 8.03. The van der Waals surface area contributed by atoms with E-state index in [2.05, 4.69) is 10.3 Å². The molecule has 35 heavy (non-hydrogen) atoms. The SMILES string of the molecule is Cc1cc(Cl)cc(-c2ccnc3cc(C(C)n4c(=O)ccn(C)c4=O)sc23)c1O[C@H]1CCCNC1. The third kappa shape index (κ3) is 4.53. The Labute approximate surface area is 212 Å². The van der Waals surface area contributed by atoms with Crippen LogP contribution in [0.3, 0.4) is 0 Å². The molecule has 5 rings (SSSR count). The van der Waals surface area contributed by atoms with Gasteiger partial charge in [0.05, 0.1) is 16.3 Å².